The number of ether oxygens (including phenoxy) is 1. The van der Waals surface area contributed by atoms with E-state index < -0.39 is 0 Å². The van der Waals surface area contributed by atoms with Crippen LogP contribution >= 0.6 is 0 Å². The summed E-state index contributed by atoms with van der Waals surface area (Å²) < 4.78 is 7.76. The van der Waals surface area contributed by atoms with Crippen molar-refractivity contribution >= 4 is 5.69 Å². The van der Waals surface area contributed by atoms with Gasteiger partial charge in [0.2, 0.25) is 0 Å². The predicted molar refractivity (Wildman–Crippen MR) is 82.0 cm³/mol. The van der Waals surface area contributed by atoms with Crippen molar-refractivity contribution in [3.63, 3.8) is 0 Å². The molecule has 0 spiro atoms. The summed E-state index contributed by atoms with van der Waals surface area (Å²) in [4.78, 5) is 23.5. The number of hydrogen-bond acceptors (Lipinski definition) is 4. The van der Waals surface area contributed by atoms with E-state index in [1.54, 1.807) is 14.2 Å². The van der Waals surface area contributed by atoms with Gasteiger partial charge in [-0.1, -0.05) is 0 Å². The second-order valence-electron chi connectivity index (χ2n) is 4.91. The molecule has 1 heterocycles. The second kappa shape index (κ2) is 5.87. The van der Waals surface area contributed by atoms with Crippen molar-refractivity contribution in [1.82, 2.24) is 9.13 Å². The number of aryl methyl sites for hydroxylation is 1. The Labute approximate surface area is 122 Å². The summed E-state index contributed by atoms with van der Waals surface area (Å²) in [7, 11) is 4.75. The van der Waals surface area contributed by atoms with Gasteiger partial charge >= 0.3 is 5.69 Å². The normalized spacial score (nSPS) is 10.5. The van der Waals surface area contributed by atoms with Gasteiger partial charge < -0.3 is 10.1 Å². The minimum Gasteiger partial charge on any atom is -0.496 e. The summed E-state index contributed by atoms with van der Waals surface area (Å²) in [6.45, 7) is 2.35. The number of anilines is 1. The molecule has 2 aromatic rings. The molecule has 112 valence electrons. The number of benzene rings is 1. The molecule has 0 bridgehead atoms. The number of hydrogen-bond donors (Lipinski definition) is 1. The third-order valence-electron chi connectivity index (χ3n) is 3.49. The lowest BCUT2D eigenvalue weighted by Gasteiger charge is -2.12. The largest absolute Gasteiger partial charge is 0.496 e. The van der Waals surface area contributed by atoms with Crippen molar-refractivity contribution in [1.29, 1.82) is 0 Å². The highest BCUT2D eigenvalue weighted by atomic mass is 16.5. The first-order valence-electron chi connectivity index (χ1n) is 6.58. The van der Waals surface area contributed by atoms with E-state index in [1.165, 1.54) is 17.7 Å². The number of nitrogens with one attached hydrogen (secondary N) is 1. The van der Waals surface area contributed by atoms with Crippen LogP contribution in [0.15, 0.2) is 33.9 Å². The van der Waals surface area contributed by atoms with Gasteiger partial charge in [-0.15, -0.1) is 0 Å². The van der Waals surface area contributed by atoms with E-state index in [-0.39, 0.29) is 11.2 Å². The Kier molecular flexibility index (Phi) is 4.16. The van der Waals surface area contributed by atoms with Crippen molar-refractivity contribution in [2.45, 2.75) is 13.5 Å². The molecular weight excluding hydrogens is 270 g/mol. The predicted octanol–water partition coefficient (Wildman–Crippen LogP) is 1.01. The first-order valence-corrected chi connectivity index (χ1v) is 6.58. The molecule has 0 amide bonds. The fraction of sp³-hybridized carbons (Fsp3) is 0.333. The Morgan fingerprint density at radius 3 is 2.48 bits per heavy atom. The Morgan fingerprint density at radius 2 is 1.86 bits per heavy atom. The highest BCUT2D eigenvalue weighted by molar-refractivity contribution is 5.50. The Bertz CT molecular complexity index is 775. The van der Waals surface area contributed by atoms with E-state index >= 15 is 0 Å². The maximum atomic E-state index is 11.8. The molecule has 0 unspecified atom stereocenters. The highest BCUT2D eigenvalue weighted by Crippen LogP contribution is 2.21. The van der Waals surface area contributed by atoms with E-state index in [0.717, 1.165) is 21.6 Å². The molecule has 0 atom stereocenters. The van der Waals surface area contributed by atoms with Gasteiger partial charge in [0.15, 0.2) is 0 Å². The molecule has 0 aliphatic carbocycles. The van der Waals surface area contributed by atoms with Gasteiger partial charge in [-0.3, -0.25) is 13.9 Å². The summed E-state index contributed by atoms with van der Waals surface area (Å²) in [6.07, 6.45) is 0. The molecule has 6 heteroatoms. The van der Waals surface area contributed by atoms with Crippen LogP contribution < -0.4 is 21.3 Å². The van der Waals surface area contributed by atoms with Gasteiger partial charge in [0, 0.05) is 31.5 Å². The van der Waals surface area contributed by atoms with Gasteiger partial charge in [0.25, 0.3) is 5.56 Å². The molecule has 21 heavy (non-hydrogen) atoms. The van der Waals surface area contributed by atoms with E-state index in [4.69, 9.17) is 4.74 Å². The number of rotatable bonds is 4. The average Bonchev–Trinajstić information content (AvgIpc) is 2.47. The molecule has 1 N–H and O–H groups in total. The monoisotopic (exact) mass is 289 g/mol. The topological polar surface area (TPSA) is 65.3 Å². The molecule has 1 aromatic carbocycles. The van der Waals surface area contributed by atoms with Gasteiger partial charge in [-0.2, -0.15) is 0 Å². The Morgan fingerprint density at radius 1 is 1.14 bits per heavy atom. The van der Waals surface area contributed by atoms with Crippen molar-refractivity contribution < 1.29 is 4.74 Å². The van der Waals surface area contributed by atoms with Crippen molar-refractivity contribution in [2.24, 2.45) is 14.1 Å². The molecular formula is C15H19N3O3. The first-order chi connectivity index (χ1) is 9.93. The number of aromatic nitrogens is 2. The fourth-order valence-corrected chi connectivity index (χ4v) is 2.13. The van der Waals surface area contributed by atoms with Gasteiger partial charge in [0.05, 0.1) is 13.7 Å². The molecule has 2 rings (SSSR count). The van der Waals surface area contributed by atoms with Crippen molar-refractivity contribution in [2.75, 3.05) is 12.4 Å². The highest BCUT2D eigenvalue weighted by Gasteiger charge is 2.06. The summed E-state index contributed by atoms with van der Waals surface area (Å²) in [5.74, 6) is 0.821. The number of methoxy groups -OCH3 is 1. The Hall–Kier alpha value is -2.50. The van der Waals surface area contributed by atoms with Crippen molar-refractivity contribution in [3.05, 3.63) is 56.4 Å². The van der Waals surface area contributed by atoms with Crippen LogP contribution in [0.4, 0.5) is 5.69 Å². The second-order valence-corrected chi connectivity index (χ2v) is 4.91. The quantitative estimate of drug-likeness (QED) is 0.912. The van der Waals surface area contributed by atoms with Crippen LogP contribution in [0.1, 0.15) is 11.3 Å². The lowest BCUT2D eigenvalue weighted by molar-refractivity contribution is 0.412. The van der Waals surface area contributed by atoms with Crippen LogP contribution in [0.25, 0.3) is 0 Å². The minimum absolute atomic E-state index is 0.305. The van der Waals surface area contributed by atoms with Crippen LogP contribution in [0.3, 0.4) is 0 Å². The van der Waals surface area contributed by atoms with Crippen LogP contribution in [-0.2, 0) is 20.6 Å². The summed E-state index contributed by atoms with van der Waals surface area (Å²) in [5, 5.41) is 3.20. The van der Waals surface area contributed by atoms with Crippen LogP contribution in [0, 0.1) is 6.92 Å². The number of nitrogens with zero attached hydrogens (tertiary/aromatic N) is 2. The zero-order chi connectivity index (χ0) is 15.6. The molecule has 0 fully saturated rings. The zero-order valence-corrected chi connectivity index (χ0v) is 12.6. The minimum atomic E-state index is -0.329. The average molecular weight is 289 g/mol. The molecule has 0 saturated carbocycles. The SMILES string of the molecule is COc1ccc(NCc2cc(=O)n(C)c(=O)n2C)cc1C. The summed E-state index contributed by atoms with van der Waals surface area (Å²) in [5.41, 5.74) is 1.92. The third kappa shape index (κ3) is 2.99. The third-order valence-corrected chi connectivity index (χ3v) is 3.49. The summed E-state index contributed by atoms with van der Waals surface area (Å²) >= 11 is 0. The first kappa shape index (κ1) is 14.9. The van der Waals surface area contributed by atoms with Crippen LogP contribution in [0.2, 0.25) is 0 Å². The molecule has 6 nitrogen and oxygen atoms in total. The van der Waals surface area contributed by atoms with Gasteiger partial charge in [-0.05, 0) is 30.7 Å². The lowest BCUT2D eigenvalue weighted by Crippen LogP contribution is -2.38. The molecule has 0 aliphatic heterocycles. The molecule has 1 aromatic heterocycles. The van der Waals surface area contributed by atoms with Crippen LogP contribution in [0.5, 0.6) is 5.75 Å². The zero-order valence-electron chi connectivity index (χ0n) is 12.6. The Balaban J connectivity index is 2.23. The van der Waals surface area contributed by atoms with Crippen LogP contribution in [-0.4, -0.2) is 16.2 Å². The maximum Gasteiger partial charge on any atom is 0.330 e. The standard InChI is InChI=1S/C15H19N3O3/c1-10-7-11(5-6-13(10)21-4)16-9-12-8-14(19)18(3)15(20)17(12)2/h5-8,16H,9H2,1-4H3. The molecule has 0 aliphatic rings. The van der Waals surface area contributed by atoms with E-state index in [0.29, 0.717) is 12.2 Å². The molecule has 0 saturated heterocycles. The smallest absolute Gasteiger partial charge is 0.330 e. The van der Waals surface area contributed by atoms with E-state index in [2.05, 4.69) is 5.32 Å². The van der Waals surface area contributed by atoms with Gasteiger partial charge in [-0.25, -0.2) is 4.79 Å². The summed E-state index contributed by atoms with van der Waals surface area (Å²) in [6, 6.07) is 7.19. The fourth-order valence-electron chi connectivity index (χ4n) is 2.13. The maximum absolute atomic E-state index is 11.8. The lowest BCUT2D eigenvalue weighted by atomic mass is 10.2. The van der Waals surface area contributed by atoms with E-state index in [9.17, 15) is 9.59 Å². The van der Waals surface area contributed by atoms with E-state index in [1.807, 2.05) is 25.1 Å². The van der Waals surface area contributed by atoms with Crippen molar-refractivity contribution in [3.8, 4) is 5.75 Å². The molecule has 0 radical (unpaired) electrons. The van der Waals surface area contributed by atoms with Gasteiger partial charge in [0.1, 0.15) is 5.75 Å².